The quantitative estimate of drug-likeness (QED) is 0.177. The van der Waals surface area contributed by atoms with Crippen LogP contribution in [0.2, 0.25) is 0 Å². The molecule has 0 radical (unpaired) electrons. The summed E-state index contributed by atoms with van der Waals surface area (Å²) in [5.41, 5.74) is 4.62. The van der Waals surface area contributed by atoms with Gasteiger partial charge in [-0.2, -0.15) is 0 Å². The predicted molar refractivity (Wildman–Crippen MR) is 234 cm³/mol. The minimum absolute atomic E-state index is 0.0245. The summed E-state index contributed by atoms with van der Waals surface area (Å²) in [4.78, 5) is 82.2. The fourth-order valence-electron chi connectivity index (χ4n) is 11.6. The Morgan fingerprint density at radius 1 is 0.667 bits per heavy atom. The lowest BCUT2D eigenvalue weighted by molar-refractivity contribution is -0.169. The molecule has 0 saturated heterocycles. The molecule has 6 aliphatic rings. The van der Waals surface area contributed by atoms with E-state index in [9.17, 15) is 74.7 Å². The van der Waals surface area contributed by atoms with Gasteiger partial charge in [-0.25, -0.2) is 0 Å². The topological polar surface area (TPSA) is 346 Å². The van der Waals surface area contributed by atoms with Gasteiger partial charge >= 0.3 is 0 Å². The van der Waals surface area contributed by atoms with Gasteiger partial charge < -0.3 is 62.3 Å². The fraction of sp³-hybridized carbons (Fsp3) is 0.435. The van der Waals surface area contributed by atoms with Crippen molar-refractivity contribution in [2.24, 2.45) is 35.1 Å². The molecular formula is C46H53N5O15. The number of fused-ring (bicyclic) bond motifs is 6. The maximum atomic E-state index is 13.8. The van der Waals surface area contributed by atoms with E-state index in [-0.39, 0.29) is 40.5 Å². The molecule has 20 nitrogen and oxygen atoms in total. The van der Waals surface area contributed by atoms with E-state index in [0.29, 0.717) is 11.1 Å². The third-order valence-electron chi connectivity index (χ3n) is 14.5. The van der Waals surface area contributed by atoms with Crippen molar-refractivity contribution < 1.29 is 74.7 Å². The normalized spacial score (nSPS) is 32.5. The molecule has 2 aromatic carbocycles. The number of carbonyl (C=O) groups is 6. The molecule has 2 amide bonds. The Kier molecular flexibility index (Phi) is 11.3. The molecule has 0 heterocycles. The number of phenolic OH excluding ortho intramolecular Hbond substituents is 2. The number of nitrogens with zero attached hydrogens (tertiary/aromatic N) is 3. The van der Waals surface area contributed by atoms with Crippen LogP contribution >= 0.6 is 0 Å². The number of Topliss-reactive ketones (excluding diaryl/α,β-unsaturated/α-hetero) is 4. The second-order valence-electron chi connectivity index (χ2n) is 18.5. The summed E-state index contributed by atoms with van der Waals surface area (Å²) in [5.74, 6) is -15.9. The summed E-state index contributed by atoms with van der Waals surface area (Å²) in [7, 11) is 9.69. The van der Waals surface area contributed by atoms with Gasteiger partial charge in [-0.1, -0.05) is 26.0 Å². The van der Waals surface area contributed by atoms with Crippen molar-refractivity contribution in [1.82, 2.24) is 9.80 Å². The number of rotatable bonds is 5. The van der Waals surface area contributed by atoms with Crippen LogP contribution in [0.25, 0.3) is 11.5 Å². The minimum atomic E-state index is -2.89. The number of likely N-dealkylation sites (N-methyl/N-ethyl adjacent to an activating group) is 2. The molecule has 2 saturated carbocycles. The van der Waals surface area contributed by atoms with E-state index in [1.54, 1.807) is 39.2 Å². The van der Waals surface area contributed by atoms with Crippen LogP contribution in [0.3, 0.4) is 0 Å². The van der Waals surface area contributed by atoms with Gasteiger partial charge in [-0.3, -0.25) is 38.6 Å². The van der Waals surface area contributed by atoms with E-state index < -0.39 is 134 Å². The van der Waals surface area contributed by atoms with Crippen LogP contribution in [0.1, 0.15) is 54.4 Å². The molecule has 8 rings (SSSR count). The Morgan fingerprint density at radius 2 is 1.17 bits per heavy atom. The Hall–Kier alpha value is -6.58. The standard InChI is InChI=1S/C24H29N3O7.C22H24N2O8/c1-9-10-8-11-18(27(4)5)20(30)17(23(25)33)22(32)24(11,34)21(31)15(10)19(29)16-13(28)7-6-12(14(9)16)26(2)3;1-7-8-5-4-6-9(25)11(8)16(26)12-10(7)17(27)14-15(24(2)3)18(28)13(21(23)31)20(30)22(14,32)19(12)29/h6-7,9-11,18,28-29,32,34H,8H2,1-5H3,(H2,25,33);4-7,10,14-15,17,25-27,30,32H,1-3H3,(H2,23,31)/t9-,10-,11+,18+,24+;7-,10+,14+,15-,17-,22-/m10/s1. The summed E-state index contributed by atoms with van der Waals surface area (Å²) in [5, 5.41) is 99.2. The van der Waals surface area contributed by atoms with Gasteiger partial charge in [0, 0.05) is 42.8 Å². The average Bonchev–Trinajstić information content (AvgIpc) is 3.22. The highest BCUT2D eigenvalue weighted by molar-refractivity contribution is 6.25. The van der Waals surface area contributed by atoms with Crippen LogP contribution in [0.5, 0.6) is 11.5 Å². The van der Waals surface area contributed by atoms with E-state index in [1.807, 2.05) is 25.9 Å². The summed E-state index contributed by atoms with van der Waals surface area (Å²) in [6.07, 6.45) is -1.54. The van der Waals surface area contributed by atoms with Crippen molar-refractivity contribution >= 4 is 52.2 Å². The second kappa shape index (κ2) is 15.8. The van der Waals surface area contributed by atoms with Gasteiger partial charge in [0.1, 0.15) is 45.7 Å². The first kappa shape index (κ1) is 47.4. The molecule has 66 heavy (non-hydrogen) atoms. The zero-order valence-electron chi connectivity index (χ0n) is 37.3. The van der Waals surface area contributed by atoms with E-state index in [4.69, 9.17) is 11.5 Å². The number of hydrogen-bond donors (Lipinski definition) is 11. The predicted octanol–water partition coefficient (Wildman–Crippen LogP) is 0.0868. The zero-order chi connectivity index (χ0) is 49.3. The molecule has 0 aromatic heterocycles. The van der Waals surface area contributed by atoms with Crippen molar-refractivity contribution in [2.75, 3.05) is 47.2 Å². The highest BCUT2D eigenvalue weighted by atomic mass is 16.4. The number of phenols is 2. The molecule has 0 spiro atoms. The number of carbonyl (C=O) groups excluding carboxylic acids is 6. The van der Waals surface area contributed by atoms with Gasteiger partial charge in [-0.15, -0.1) is 0 Å². The third kappa shape index (κ3) is 6.15. The number of aromatic hydroxyl groups is 2. The number of primary amides is 2. The third-order valence-corrected chi connectivity index (χ3v) is 14.5. The van der Waals surface area contributed by atoms with Crippen molar-refractivity contribution in [3.05, 3.63) is 86.4 Å². The maximum absolute atomic E-state index is 13.8. The van der Waals surface area contributed by atoms with E-state index in [1.165, 1.54) is 36.0 Å². The largest absolute Gasteiger partial charge is 0.508 e. The molecular weight excluding hydrogens is 863 g/mol. The highest BCUT2D eigenvalue weighted by Gasteiger charge is 2.69. The molecule has 2 fully saturated rings. The number of nitrogens with two attached hydrogens (primary N) is 2. The molecule has 0 bridgehead atoms. The first-order valence-electron chi connectivity index (χ1n) is 21.0. The summed E-state index contributed by atoms with van der Waals surface area (Å²) in [6.45, 7) is 3.52. The Bertz CT molecular complexity index is 2700. The zero-order valence-corrected chi connectivity index (χ0v) is 37.3. The number of ketones is 4. The SMILES string of the molecule is C[C@H]1c2c(N(C)C)ccc(O)c2C(O)=C2C(=O)[C@]3(O)C(O)=C(C(N)=O)C(=O)[C@@H](N(C)C)[C@@H]3C[C@@H]21.C[C@H]1c2cccc(O)c2C(O)=C2C(=O)[C@]3(O)C(O)=C(C(N)=O)C(=O)[C@@H](N(C)C)[C@@H]3[C@@H](O)[C@@H]21. The van der Waals surface area contributed by atoms with Crippen LogP contribution in [0.15, 0.2) is 64.1 Å². The Balaban J connectivity index is 0.000000197. The van der Waals surface area contributed by atoms with Gasteiger partial charge in [-0.05, 0) is 81.7 Å². The first-order chi connectivity index (χ1) is 30.6. The van der Waals surface area contributed by atoms with E-state index >= 15 is 0 Å². The fourth-order valence-corrected chi connectivity index (χ4v) is 11.6. The highest BCUT2D eigenvalue weighted by Crippen LogP contribution is 2.58. The van der Waals surface area contributed by atoms with E-state index in [0.717, 1.165) is 5.69 Å². The summed E-state index contributed by atoms with van der Waals surface area (Å²) in [6, 6.07) is 5.14. The molecule has 0 unspecified atom stereocenters. The van der Waals surface area contributed by atoms with Gasteiger partial charge in [0.25, 0.3) is 11.8 Å². The van der Waals surface area contributed by atoms with Gasteiger partial charge in [0.15, 0.2) is 22.8 Å². The molecule has 13 N–H and O–H groups in total. The van der Waals surface area contributed by atoms with Crippen molar-refractivity contribution in [2.45, 2.75) is 61.5 Å². The molecule has 20 heteroatoms. The number of hydrogen-bond acceptors (Lipinski definition) is 18. The van der Waals surface area contributed by atoms with Crippen LogP contribution in [-0.4, -0.2) is 162 Å². The van der Waals surface area contributed by atoms with Crippen LogP contribution in [0.4, 0.5) is 5.69 Å². The number of amides is 2. The number of aliphatic hydroxyl groups excluding tert-OH is 5. The molecule has 0 aliphatic heterocycles. The number of anilines is 1. The second-order valence-corrected chi connectivity index (χ2v) is 18.5. The molecule has 352 valence electrons. The number of benzene rings is 2. The van der Waals surface area contributed by atoms with Crippen LogP contribution < -0.4 is 16.4 Å². The van der Waals surface area contributed by atoms with Crippen molar-refractivity contribution in [3.8, 4) is 11.5 Å². The summed E-state index contributed by atoms with van der Waals surface area (Å²) < 4.78 is 0. The minimum Gasteiger partial charge on any atom is -0.508 e. The average molecular weight is 916 g/mol. The lowest BCUT2D eigenvalue weighted by Gasteiger charge is -2.53. The lowest BCUT2D eigenvalue weighted by atomic mass is 9.54. The van der Waals surface area contributed by atoms with E-state index in [2.05, 4.69) is 0 Å². The Morgan fingerprint density at radius 3 is 1.70 bits per heavy atom. The molecule has 2 aromatic rings. The maximum Gasteiger partial charge on any atom is 0.255 e. The molecule has 11 atom stereocenters. The monoisotopic (exact) mass is 915 g/mol. The summed E-state index contributed by atoms with van der Waals surface area (Å²) >= 11 is 0. The van der Waals surface area contributed by atoms with Crippen molar-refractivity contribution in [3.63, 3.8) is 0 Å². The van der Waals surface area contributed by atoms with Crippen LogP contribution in [0, 0.1) is 23.7 Å². The lowest BCUT2D eigenvalue weighted by Crippen LogP contribution is -2.70. The Labute approximate surface area is 377 Å². The number of aliphatic hydroxyl groups is 7. The molecule has 6 aliphatic carbocycles. The van der Waals surface area contributed by atoms with Gasteiger partial charge in [0.05, 0.1) is 35.2 Å². The van der Waals surface area contributed by atoms with Gasteiger partial charge in [0.2, 0.25) is 11.6 Å². The smallest absolute Gasteiger partial charge is 0.255 e. The van der Waals surface area contributed by atoms with Crippen molar-refractivity contribution in [1.29, 1.82) is 0 Å². The van der Waals surface area contributed by atoms with Crippen LogP contribution in [-0.2, 0) is 28.8 Å². The first-order valence-corrected chi connectivity index (χ1v) is 21.0.